The van der Waals surface area contributed by atoms with Crippen LogP contribution in [0.4, 0.5) is 0 Å². The first-order chi connectivity index (χ1) is 9.15. The molecule has 3 N–H and O–H groups in total. The molecule has 2 nitrogen and oxygen atoms in total. The van der Waals surface area contributed by atoms with Gasteiger partial charge in [-0.1, -0.05) is 44.2 Å². The first-order valence-corrected chi connectivity index (χ1v) is 7.60. The Morgan fingerprint density at radius 3 is 2.68 bits per heavy atom. The van der Waals surface area contributed by atoms with E-state index in [-0.39, 0.29) is 0 Å². The predicted octanol–water partition coefficient (Wildman–Crippen LogP) is 2.68. The van der Waals surface area contributed by atoms with Crippen LogP contribution >= 0.6 is 0 Å². The van der Waals surface area contributed by atoms with Gasteiger partial charge in [-0.3, -0.25) is 0 Å². The number of benzene rings is 1. The second-order valence-electron chi connectivity index (χ2n) is 6.37. The van der Waals surface area contributed by atoms with Crippen LogP contribution in [0.15, 0.2) is 30.3 Å². The minimum absolute atomic E-state index is 0.399. The lowest BCUT2D eigenvalue weighted by atomic mass is 9.69. The number of rotatable bonds is 5. The van der Waals surface area contributed by atoms with Crippen LogP contribution in [0.3, 0.4) is 0 Å². The normalized spacial score (nSPS) is 27.7. The maximum Gasteiger partial charge on any atom is 0.0745 e. The van der Waals surface area contributed by atoms with E-state index in [4.69, 9.17) is 4.74 Å². The van der Waals surface area contributed by atoms with E-state index < -0.39 is 0 Å². The van der Waals surface area contributed by atoms with Crippen molar-refractivity contribution in [3.63, 3.8) is 0 Å². The molecule has 0 aliphatic carbocycles. The van der Waals surface area contributed by atoms with Gasteiger partial charge in [0.05, 0.1) is 12.6 Å². The second-order valence-corrected chi connectivity index (χ2v) is 6.37. The topological polar surface area (TPSA) is 36.9 Å². The molecule has 0 amide bonds. The van der Waals surface area contributed by atoms with Gasteiger partial charge in [-0.25, -0.2) is 0 Å². The lowest BCUT2D eigenvalue weighted by molar-refractivity contribution is -0.373. The van der Waals surface area contributed by atoms with Crippen LogP contribution in [0.5, 0.6) is 0 Å². The van der Waals surface area contributed by atoms with Crippen molar-refractivity contribution in [1.29, 1.82) is 0 Å². The minimum Gasteiger partial charge on any atom is -0.378 e. The van der Waals surface area contributed by atoms with Crippen molar-refractivity contribution < 1.29 is 10.5 Å². The number of hydrogen-bond donors (Lipinski definition) is 1. The van der Waals surface area contributed by atoms with Crippen molar-refractivity contribution in [3.05, 3.63) is 35.9 Å². The van der Waals surface area contributed by atoms with Gasteiger partial charge in [-0.15, -0.1) is 0 Å². The molecule has 0 radical (unpaired) electrons. The third-order valence-electron chi connectivity index (χ3n) is 4.47. The highest BCUT2D eigenvalue weighted by Gasteiger charge is 2.37. The average Bonchev–Trinajstić information content (AvgIpc) is 2.40. The third-order valence-corrected chi connectivity index (χ3v) is 4.47. The van der Waals surface area contributed by atoms with E-state index >= 15 is 0 Å². The van der Waals surface area contributed by atoms with Crippen LogP contribution < -0.4 is 5.73 Å². The molecule has 1 saturated heterocycles. The fourth-order valence-corrected chi connectivity index (χ4v) is 3.32. The molecule has 106 valence electrons. The molecule has 1 fully saturated rings. The molecular formula is C17H28NO+. The van der Waals surface area contributed by atoms with Crippen molar-refractivity contribution in [2.75, 3.05) is 13.2 Å². The van der Waals surface area contributed by atoms with Crippen LogP contribution in [-0.4, -0.2) is 19.3 Å². The Kier molecular flexibility index (Phi) is 5.00. The zero-order valence-corrected chi connectivity index (χ0v) is 12.4. The number of quaternary nitrogens is 1. The van der Waals surface area contributed by atoms with E-state index in [0.29, 0.717) is 17.4 Å². The van der Waals surface area contributed by atoms with Crippen molar-refractivity contribution in [2.24, 2.45) is 11.3 Å². The molecule has 0 spiro atoms. The summed E-state index contributed by atoms with van der Waals surface area (Å²) in [4.78, 5) is 0. The molecule has 1 aromatic carbocycles. The van der Waals surface area contributed by atoms with Gasteiger partial charge in [0.2, 0.25) is 0 Å². The Bertz CT molecular complexity index is 372. The monoisotopic (exact) mass is 262 g/mol. The smallest absolute Gasteiger partial charge is 0.0745 e. The number of hydrogen-bond acceptors (Lipinski definition) is 1. The SMILES string of the molecule is CC(C)[C@H]1C[C@](CC[NH3+])(Cc2ccccc2)CCO1. The molecule has 2 atom stereocenters. The van der Waals surface area contributed by atoms with E-state index in [2.05, 4.69) is 49.9 Å². The molecule has 0 aromatic heterocycles. The molecule has 0 bridgehead atoms. The van der Waals surface area contributed by atoms with Crippen molar-refractivity contribution in [2.45, 2.75) is 45.6 Å². The Morgan fingerprint density at radius 1 is 1.32 bits per heavy atom. The lowest BCUT2D eigenvalue weighted by Gasteiger charge is -2.42. The highest BCUT2D eigenvalue weighted by atomic mass is 16.5. The van der Waals surface area contributed by atoms with Gasteiger partial charge in [0.1, 0.15) is 0 Å². The zero-order valence-electron chi connectivity index (χ0n) is 12.4. The molecule has 1 aromatic rings. The van der Waals surface area contributed by atoms with E-state index in [1.54, 1.807) is 0 Å². The Labute approximate surface area is 117 Å². The van der Waals surface area contributed by atoms with E-state index in [9.17, 15) is 0 Å². The fraction of sp³-hybridized carbons (Fsp3) is 0.647. The van der Waals surface area contributed by atoms with Gasteiger partial charge in [0, 0.05) is 13.0 Å². The summed E-state index contributed by atoms with van der Waals surface area (Å²) in [7, 11) is 0. The van der Waals surface area contributed by atoms with Crippen LogP contribution in [0.25, 0.3) is 0 Å². The first kappa shape index (κ1) is 14.5. The zero-order chi connectivity index (χ0) is 13.7. The Balaban J connectivity index is 2.12. The summed E-state index contributed by atoms with van der Waals surface area (Å²) in [6.45, 7) is 6.48. The molecule has 1 aliphatic rings. The van der Waals surface area contributed by atoms with Crippen LogP contribution in [-0.2, 0) is 11.2 Å². The fourth-order valence-electron chi connectivity index (χ4n) is 3.32. The van der Waals surface area contributed by atoms with Gasteiger partial charge in [0.25, 0.3) is 0 Å². The molecule has 1 aliphatic heterocycles. The molecule has 0 saturated carbocycles. The van der Waals surface area contributed by atoms with Crippen molar-refractivity contribution in [3.8, 4) is 0 Å². The molecular weight excluding hydrogens is 234 g/mol. The summed E-state index contributed by atoms with van der Waals surface area (Å²) >= 11 is 0. The van der Waals surface area contributed by atoms with Crippen molar-refractivity contribution in [1.82, 2.24) is 0 Å². The van der Waals surface area contributed by atoms with Gasteiger partial charge in [-0.05, 0) is 36.2 Å². The van der Waals surface area contributed by atoms with Crippen LogP contribution in [0, 0.1) is 11.3 Å². The maximum atomic E-state index is 5.96. The Hall–Kier alpha value is -0.860. The van der Waals surface area contributed by atoms with Crippen molar-refractivity contribution >= 4 is 0 Å². The summed E-state index contributed by atoms with van der Waals surface area (Å²) < 4.78 is 5.96. The lowest BCUT2D eigenvalue weighted by Crippen LogP contribution is -2.53. The van der Waals surface area contributed by atoms with Gasteiger partial charge in [0.15, 0.2) is 0 Å². The average molecular weight is 262 g/mol. The maximum absolute atomic E-state index is 5.96. The largest absolute Gasteiger partial charge is 0.378 e. The second kappa shape index (κ2) is 6.53. The summed E-state index contributed by atoms with van der Waals surface area (Å²) in [6, 6.07) is 10.9. The summed E-state index contributed by atoms with van der Waals surface area (Å²) in [6.07, 6.45) is 5.18. The molecule has 1 heterocycles. The number of ether oxygens (including phenoxy) is 1. The molecule has 2 rings (SSSR count). The Morgan fingerprint density at radius 2 is 2.05 bits per heavy atom. The highest BCUT2D eigenvalue weighted by Crippen LogP contribution is 2.41. The minimum atomic E-state index is 0.399. The van der Waals surface area contributed by atoms with Crippen LogP contribution in [0.2, 0.25) is 0 Å². The summed E-state index contributed by atoms with van der Waals surface area (Å²) in [5.74, 6) is 0.611. The third kappa shape index (κ3) is 3.80. The quantitative estimate of drug-likeness (QED) is 0.870. The van der Waals surface area contributed by atoms with Crippen LogP contribution in [0.1, 0.15) is 38.7 Å². The molecule has 0 unspecified atom stereocenters. The van der Waals surface area contributed by atoms with E-state index in [0.717, 1.165) is 13.2 Å². The summed E-state index contributed by atoms with van der Waals surface area (Å²) in [5, 5.41) is 0. The van der Waals surface area contributed by atoms with E-state index in [1.807, 2.05) is 0 Å². The molecule has 19 heavy (non-hydrogen) atoms. The van der Waals surface area contributed by atoms with Gasteiger partial charge >= 0.3 is 0 Å². The van der Waals surface area contributed by atoms with Gasteiger partial charge < -0.3 is 10.5 Å². The standard InChI is InChI=1S/C17H27NO/c1-14(2)16-13-17(8-10-18,9-11-19-16)12-15-6-4-3-5-7-15/h3-7,14,16H,8-13,18H2,1-2H3/p+1/t16-,17+/m1/s1. The highest BCUT2D eigenvalue weighted by molar-refractivity contribution is 5.17. The van der Waals surface area contributed by atoms with E-state index in [1.165, 1.54) is 31.2 Å². The summed E-state index contributed by atoms with van der Waals surface area (Å²) in [5.41, 5.74) is 5.95. The van der Waals surface area contributed by atoms with Gasteiger partial charge in [-0.2, -0.15) is 0 Å². The first-order valence-electron chi connectivity index (χ1n) is 7.60. The predicted molar refractivity (Wildman–Crippen MR) is 78.8 cm³/mol. The molecule has 2 heteroatoms.